The molecular formula is C24H21ClFNO3. The normalized spacial score (nSPS) is 15.5. The van der Waals surface area contributed by atoms with Crippen LogP contribution in [0.15, 0.2) is 60.7 Å². The molecule has 3 aromatic carbocycles. The van der Waals surface area contributed by atoms with Gasteiger partial charge in [-0.3, -0.25) is 4.79 Å². The lowest BCUT2D eigenvalue weighted by atomic mass is 9.87. The van der Waals surface area contributed by atoms with Crippen molar-refractivity contribution in [2.75, 3.05) is 20.8 Å². The molecule has 1 amide bonds. The van der Waals surface area contributed by atoms with Gasteiger partial charge in [0, 0.05) is 17.1 Å². The largest absolute Gasteiger partial charge is 0.493 e. The molecule has 1 heterocycles. The van der Waals surface area contributed by atoms with E-state index in [1.165, 1.54) is 24.3 Å². The van der Waals surface area contributed by atoms with Crippen molar-refractivity contribution in [3.63, 3.8) is 0 Å². The first kappa shape index (κ1) is 20.2. The number of rotatable bonds is 4. The Morgan fingerprint density at radius 3 is 2.40 bits per heavy atom. The zero-order valence-corrected chi connectivity index (χ0v) is 17.4. The van der Waals surface area contributed by atoms with Gasteiger partial charge in [-0.2, -0.15) is 0 Å². The molecule has 4 rings (SSSR count). The molecule has 0 fully saturated rings. The predicted molar refractivity (Wildman–Crippen MR) is 114 cm³/mol. The topological polar surface area (TPSA) is 38.8 Å². The summed E-state index contributed by atoms with van der Waals surface area (Å²) in [6, 6.07) is 16.6. The minimum atomic E-state index is -0.376. The molecule has 154 valence electrons. The van der Waals surface area contributed by atoms with Gasteiger partial charge < -0.3 is 14.4 Å². The third-order valence-corrected chi connectivity index (χ3v) is 5.63. The lowest BCUT2D eigenvalue weighted by Crippen LogP contribution is -2.40. The third-order valence-electron chi connectivity index (χ3n) is 5.39. The summed E-state index contributed by atoms with van der Waals surface area (Å²) >= 11 is 6.27. The van der Waals surface area contributed by atoms with Gasteiger partial charge in [-0.25, -0.2) is 4.39 Å². The Hall–Kier alpha value is -3.05. The predicted octanol–water partition coefficient (Wildman–Crippen LogP) is 5.28. The van der Waals surface area contributed by atoms with Gasteiger partial charge in [-0.05, 0) is 71.6 Å². The van der Waals surface area contributed by atoms with Crippen molar-refractivity contribution in [1.29, 1.82) is 0 Å². The molecule has 0 radical (unpaired) electrons. The van der Waals surface area contributed by atoms with E-state index in [2.05, 4.69) is 0 Å². The number of hydrogen-bond donors (Lipinski definition) is 0. The summed E-state index contributed by atoms with van der Waals surface area (Å²) in [6.45, 7) is 0.510. The minimum absolute atomic E-state index is 0.166. The molecule has 0 aliphatic carbocycles. The van der Waals surface area contributed by atoms with Crippen LogP contribution in [0, 0.1) is 5.82 Å². The maximum absolute atomic E-state index is 13.4. The molecule has 0 saturated heterocycles. The van der Waals surface area contributed by atoms with E-state index < -0.39 is 0 Å². The zero-order chi connectivity index (χ0) is 21.3. The van der Waals surface area contributed by atoms with E-state index in [1.54, 1.807) is 25.2 Å². The van der Waals surface area contributed by atoms with Gasteiger partial charge in [-0.1, -0.05) is 23.7 Å². The Morgan fingerprint density at radius 2 is 1.73 bits per heavy atom. The highest BCUT2D eigenvalue weighted by atomic mass is 35.5. The fourth-order valence-electron chi connectivity index (χ4n) is 3.96. The first-order chi connectivity index (χ1) is 14.5. The Bertz CT molecular complexity index is 1080. The molecule has 1 aliphatic heterocycles. The molecule has 0 N–H and O–H groups in total. The maximum atomic E-state index is 13.4. The number of amides is 1. The van der Waals surface area contributed by atoms with Crippen LogP contribution in [0.1, 0.15) is 33.1 Å². The minimum Gasteiger partial charge on any atom is -0.493 e. The summed E-state index contributed by atoms with van der Waals surface area (Å²) in [5.41, 5.74) is 3.37. The van der Waals surface area contributed by atoms with Crippen molar-refractivity contribution in [1.82, 2.24) is 4.90 Å². The highest BCUT2D eigenvalue weighted by Crippen LogP contribution is 2.41. The molecule has 1 atom stereocenters. The number of hydrogen-bond acceptors (Lipinski definition) is 3. The van der Waals surface area contributed by atoms with E-state index in [1.807, 2.05) is 30.3 Å². The Morgan fingerprint density at radius 1 is 1.03 bits per heavy atom. The molecule has 0 aromatic heterocycles. The summed E-state index contributed by atoms with van der Waals surface area (Å²) in [5, 5.41) is 0.592. The lowest BCUT2D eigenvalue weighted by molar-refractivity contribution is 0.0694. The quantitative estimate of drug-likeness (QED) is 0.570. The van der Waals surface area contributed by atoms with E-state index in [0.29, 0.717) is 35.1 Å². The maximum Gasteiger partial charge on any atom is 0.254 e. The summed E-state index contributed by atoms with van der Waals surface area (Å²) in [5.74, 6) is 0.706. The Balaban J connectivity index is 1.85. The number of fused-ring (bicyclic) bond motifs is 1. The number of nitrogens with zero attached hydrogens (tertiary/aromatic N) is 1. The molecule has 0 saturated carbocycles. The van der Waals surface area contributed by atoms with Crippen LogP contribution in [-0.4, -0.2) is 31.6 Å². The van der Waals surface area contributed by atoms with E-state index in [-0.39, 0.29) is 17.8 Å². The lowest BCUT2D eigenvalue weighted by Gasteiger charge is -2.38. The van der Waals surface area contributed by atoms with Gasteiger partial charge in [0.15, 0.2) is 11.5 Å². The van der Waals surface area contributed by atoms with E-state index in [0.717, 1.165) is 16.7 Å². The van der Waals surface area contributed by atoms with Crippen LogP contribution >= 0.6 is 11.6 Å². The third kappa shape index (κ3) is 3.73. The fourth-order valence-corrected chi connectivity index (χ4v) is 4.16. The van der Waals surface area contributed by atoms with Gasteiger partial charge in [0.2, 0.25) is 0 Å². The molecule has 3 aromatic rings. The van der Waals surface area contributed by atoms with Crippen molar-refractivity contribution in [3.8, 4) is 11.5 Å². The summed E-state index contributed by atoms with van der Waals surface area (Å²) in [7, 11) is 3.19. The van der Waals surface area contributed by atoms with Gasteiger partial charge in [-0.15, -0.1) is 0 Å². The highest BCUT2D eigenvalue weighted by Gasteiger charge is 2.34. The highest BCUT2D eigenvalue weighted by molar-refractivity contribution is 6.30. The zero-order valence-electron chi connectivity index (χ0n) is 16.7. The van der Waals surface area contributed by atoms with Gasteiger partial charge in [0.25, 0.3) is 5.91 Å². The van der Waals surface area contributed by atoms with Crippen molar-refractivity contribution < 1.29 is 18.7 Å². The van der Waals surface area contributed by atoms with E-state index in [9.17, 15) is 9.18 Å². The summed E-state index contributed by atoms with van der Waals surface area (Å²) in [4.78, 5) is 15.2. The van der Waals surface area contributed by atoms with Gasteiger partial charge in [0.05, 0.1) is 20.3 Å². The van der Waals surface area contributed by atoms with Gasteiger partial charge in [0.1, 0.15) is 5.82 Å². The first-order valence-electron chi connectivity index (χ1n) is 9.58. The van der Waals surface area contributed by atoms with Crippen LogP contribution < -0.4 is 9.47 Å². The van der Waals surface area contributed by atoms with Crippen LogP contribution in [0.3, 0.4) is 0 Å². The van der Waals surface area contributed by atoms with Crippen molar-refractivity contribution in [2.24, 2.45) is 0 Å². The van der Waals surface area contributed by atoms with Crippen LogP contribution in [0.4, 0.5) is 4.39 Å². The van der Waals surface area contributed by atoms with Crippen LogP contribution in [-0.2, 0) is 6.42 Å². The standard InChI is InChI=1S/C24H21ClFNO3/c1-29-21-13-16-10-11-27(24(28)15-6-8-19(26)9-7-15)23(20(16)14-22(21)30-2)17-4-3-5-18(25)12-17/h3-9,12-14,23H,10-11H2,1-2H3. The summed E-state index contributed by atoms with van der Waals surface area (Å²) < 4.78 is 24.3. The molecule has 0 spiro atoms. The van der Waals surface area contributed by atoms with Crippen molar-refractivity contribution in [3.05, 3.63) is 93.8 Å². The number of halogens is 2. The number of carbonyl (C=O) groups excluding carboxylic acids is 1. The molecule has 0 bridgehead atoms. The monoisotopic (exact) mass is 425 g/mol. The second-order valence-corrected chi connectivity index (χ2v) is 7.56. The smallest absolute Gasteiger partial charge is 0.254 e. The number of carbonyl (C=O) groups is 1. The average molecular weight is 426 g/mol. The number of methoxy groups -OCH3 is 2. The molecule has 1 unspecified atom stereocenters. The molecule has 1 aliphatic rings. The van der Waals surface area contributed by atoms with Crippen LogP contribution in [0.5, 0.6) is 11.5 Å². The van der Waals surface area contributed by atoms with E-state index >= 15 is 0 Å². The SMILES string of the molecule is COc1cc2c(cc1OC)C(c1cccc(Cl)c1)N(C(=O)c1ccc(F)cc1)CC2. The fraction of sp³-hybridized carbons (Fsp3) is 0.208. The summed E-state index contributed by atoms with van der Waals surface area (Å²) in [6.07, 6.45) is 0.666. The second-order valence-electron chi connectivity index (χ2n) is 7.12. The van der Waals surface area contributed by atoms with Crippen LogP contribution in [0.25, 0.3) is 0 Å². The average Bonchev–Trinajstić information content (AvgIpc) is 2.77. The molecular weight excluding hydrogens is 405 g/mol. The Kier molecular flexibility index (Phi) is 5.64. The molecule has 4 nitrogen and oxygen atoms in total. The molecule has 6 heteroatoms. The Labute approximate surface area is 179 Å². The van der Waals surface area contributed by atoms with Crippen molar-refractivity contribution in [2.45, 2.75) is 12.5 Å². The first-order valence-corrected chi connectivity index (χ1v) is 9.96. The molecule has 30 heavy (non-hydrogen) atoms. The van der Waals surface area contributed by atoms with Gasteiger partial charge >= 0.3 is 0 Å². The number of benzene rings is 3. The van der Waals surface area contributed by atoms with Crippen molar-refractivity contribution >= 4 is 17.5 Å². The number of ether oxygens (including phenoxy) is 2. The van der Waals surface area contributed by atoms with E-state index in [4.69, 9.17) is 21.1 Å². The second kappa shape index (κ2) is 8.36. The van der Waals surface area contributed by atoms with Crippen LogP contribution in [0.2, 0.25) is 5.02 Å².